The lowest BCUT2D eigenvalue weighted by Gasteiger charge is -2.27. The Morgan fingerprint density at radius 3 is 2.25 bits per heavy atom. The van der Waals surface area contributed by atoms with Crippen molar-refractivity contribution in [1.29, 1.82) is 5.26 Å². The van der Waals surface area contributed by atoms with Gasteiger partial charge in [-0.3, -0.25) is 0 Å². The van der Waals surface area contributed by atoms with E-state index >= 15 is 0 Å². The third-order valence-corrected chi connectivity index (χ3v) is 3.88. The summed E-state index contributed by atoms with van der Waals surface area (Å²) in [6.07, 6.45) is 5.80. The highest BCUT2D eigenvalue weighted by Crippen LogP contribution is 2.36. The SMILES string of the molecule is C=CC1CCC(c2cc(F)c(C#CC#N)c(F)c2)CC1. The molecule has 0 aliphatic heterocycles. The van der Waals surface area contributed by atoms with Gasteiger partial charge in [0, 0.05) is 5.92 Å². The van der Waals surface area contributed by atoms with Crippen molar-refractivity contribution in [3.63, 3.8) is 0 Å². The van der Waals surface area contributed by atoms with Crippen LogP contribution in [-0.2, 0) is 0 Å². The van der Waals surface area contributed by atoms with Crippen LogP contribution in [0.3, 0.4) is 0 Å². The molecule has 2 rings (SSSR count). The Kier molecular flexibility index (Phi) is 4.53. The zero-order valence-corrected chi connectivity index (χ0v) is 11.1. The molecule has 20 heavy (non-hydrogen) atoms. The van der Waals surface area contributed by atoms with Gasteiger partial charge in [-0.1, -0.05) is 6.08 Å². The molecule has 0 N–H and O–H groups in total. The van der Waals surface area contributed by atoms with E-state index in [0.717, 1.165) is 25.7 Å². The molecule has 1 aliphatic carbocycles. The predicted octanol–water partition coefficient (Wildman–Crippen LogP) is 4.30. The summed E-state index contributed by atoms with van der Waals surface area (Å²) in [5, 5.41) is 8.34. The van der Waals surface area contributed by atoms with Crippen LogP contribution in [0.5, 0.6) is 0 Å². The van der Waals surface area contributed by atoms with Gasteiger partial charge in [-0.25, -0.2) is 8.78 Å². The van der Waals surface area contributed by atoms with Gasteiger partial charge in [0.25, 0.3) is 0 Å². The zero-order valence-electron chi connectivity index (χ0n) is 11.1. The molecule has 1 nitrogen and oxygen atoms in total. The maximum atomic E-state index is 13.9. The van der Waals surface area contributed by atoms with Crippen LogP contribution in [-0.4, -0.2) is 0 Å². The van der Waals surface area contributed by atoms with Crippen molar-refractivity contribution in [3.05, 3.63) is 47.5 Å². The number of nitrogens with zero attached hydrogens (tertiary/aromatic N) is 1. The lowest BCUT2D eigenvalue weighted by molar-refractivity contribution is 0.374. The molecule has 1 fully saturated rings. The summed E-state index contributed by atoms with van der Waals surface area (Å²) >= 11 is 0. The molecule has 0 radical (unpaired) electrons. The Morgan fingerprint density at radius 1 is 1.15 bits per heavy atom. The Labute approximate surface area is 117 Å². The molecular weight excluding hydrogens is 256 g/mol. The summed E-state index contributed by atoms with van der Waals surface area (Å²) in [5.74, 6) is 3.56. The van der Waals surface area contributed by atoms with Gasteiger partial charge in [0.2, 0.25) is 0 Å². The molecule has 1 aromatic rings. The number of rotatable bonds is 2. The number of allylic oxidation sites excluding steroid dienone is 1. The number of hydrogen-bond acceptors (Lipinski definition) is 1. The lowest BCUT2D eigenvalue weighted by atomic mass is 9.78. The average molecular weight is 271 g/mol. The van der Waals surface area contributed by atoms with Crippen molar-refractivity contribution in [1.82, 2.24) is 0 Å². The summed E-state index contributed by atoms with van der Waals surface area (Å²) in [6, 6.07) is 4.26. The maximum Gasteiger partial charge on any atom is 0.152 e. The van der Waals surface area contributed by atoms with Crippen molar-refractivity contribution in [2.24, 2.45) is 5.92 Å². The minimum atomic E-state index is -0.686. The van der Waals surface area contributed by atoms with Crippen LogP contribution in [0.4, 0.5) is 8.78 Å². The van der Waals surface area contributed by atoms with E-state index in [1.54, 1.807) is 6.07 Å². The first-order chi connectivity index (χ1) is 9.65. The molecular formula is C17H15F2N. The monoisotopic (exact) mass is 271 g/mol. The second kappa shape index (κ2) is 6.35. The first-order valence-electron chi connectivity index (χ1n) is 6.67. The predicted molar refractivity (Wildman–Crippen MR) is 73.7 cm³/mol. The van der Waals surface area contributed by atoms with Crippen molar-refractivity contribution >= 4 is 0 Å². The minimum Gasteiger partial charge on any atom is -0.206 e. The molecule has 1 aliphatic rings. The third kappa shape index (κ3) is 3.06. The largest absolute Gasteiger partial charge is 0.206 e. The second-order valence-electron chi connectivity index (χ2n) is 5.07. The van der Waals surface area contributed by atoms with Gasteiger partial charge in [0.1, 0.15) is 11.6 Å². The highest BCUT2D eigenvalue weighted by Gasteiger charge is 2.22. The molecule has 0 atom stereocenters. The van der Waals surface area contributed by atoms with E-state index in [-0.39, 0.29) is 11.5 Å². The zero-order chi connectivity index (χ0) is 14.5. The second-order valence-corrected chi connectivity index (χ2v) is 5.07. The Morgan fingerprint density at radius 2 is 1.75 bits per heavy atom. The fourth-order valence-corrected chi connectivity index (χ4v) is 2.73. The van der Waals surface area contributed by atoms with Crippen LogP contribution in [0.15, 0.2) is 24.8 Å². The van der Waals surface area contributed by atoms with E-state index in [1.165, 1.54) is 12.1 Å². The standard InChI is InChI=1S/C17H15F2N/c1-2-12-5-7-13(8-6-12)14-10-16(18)15(4-3-9-20)17(19)11-14/h2,10-13H,1,5-8H2. The van der Waals surface area contributed by atoms with E-state index < -0.39 is 11.6 Å². The summed E-state index contributed by atoms with van der Waals surface area (Å²) in [7, 11) is 0. The lowest BCUT2D eigenvalue weighted by Crippen LogP contribution is -2.12. The van der Waals surface area contributed by atoms with E-state index in [1.807, 2.05) is 12.0 Å². The molecule has 0 aromatic heterocycles. The van der Waals surface area contributed by atoms with Gasteiger partial charge in [-0.05, 0) is 61.1 Å². The first-order valence-corrected chi connectivity index (χ1v) is 6.67. The van der Waals surface area contributed by atoms with Gasteiger partial charge in [0.15, 0.2) is 6.07 Å². The summed E-state index contributed by atoms with van der Waals surface area (Å²) in [5.41, 5.74) is 0.361. The van der Waals surface area contributed by atoms with E-state index in [4.69, 9.17) is 5.26 Å². The smallest absolute Gasteiger partial charge is 0.152 e. The highest BCUT2D eigenvalue weighted by atomic mass is 19.1. The number of nitriles is 1. The molecule has 0 unspecified atom stereocenters. The topological polar surface area (TPSA) is 23.8 Å². The molecule has 1 aromatic carbocycles. The normalized spacial score (nSPS) is 21.4. The van der Waals surface area contributed by atoms with Crippen molar-refractivity contribution in [3.8, 4) is 17.9 Å². The van der Waals surface area contributed by atoms with E-state index in [9.17, 15) is 8.78 Å². The van der Waals surface area contributed by atoms with Gasteiger partial charge in [-0.2, -0.15) is 5.26 Å². The molecule has 0 bridgehead atoms. The van der Waals surface area contributed by atoms with Crippen LogP contribution in [0.2, 0.25) is 0 Å². The van der Waals surface area contributed by atoms with Crippen molar-refractivity contribution in [2.45, 2.75) is 31.6 Å². The maximum absolute atomic E-state index is 13.9. The van der Waals surface area contributed by atoms with E-state index in [2.05, 4.69) is 12.5 Å². The quantitative estimate of drug-likeness (QED) is 0.581. The fourth-order valence-electron chi connectivity index (χ4n) is 2.73. The molecule has 0 heterocycles. The first kappa shape index (κ1) is 14.3. The fraction of sp³-hybridized carbons (Fsp3) is 0.353. The Bertz CT molecular complexity index is 585. The molecule has 0 saturated heterocycles. The van der Waals surface area contributed by atoms with Crippen LogP contribution in [0, 0.1) is 40.7 Å². The molecule has 1 saturated carbocycles. The van der Waals surface area contributed by atoms with Crippen LogP contribution < -0.4 is 0 Å². The molecule has 0 spiro atoms. The van der Waals surface area contributed by atoms with Crippen molar-refractivity contribution < 1.29 is 8.78 Å². The third-order valence-electron chi connectivity index (χ3n) is 3.88. The van der Waals surface area contributed by atoms with Crippen LogP contribution in [0.1, 0.15) is 42.7 Å². The summed E-state index contributed by atoms with van der Waals surface area (Å²) in [6.45, 7) is 3.79. The van der Waals surface area contributed by atoms with Gasteiger partial charge in [-0.15, -0.1) is 6.58 Å². The number of halogens is 2. The molecule has 3 heteroatoms. The number of benzene rings is 1. The average Bonchev–Trinajstić information content (AvgIpc) is 2.46. The Balaban J connectivity index is 2.23. The minimum absolute atomic E-state index is 0.188. The summed E-state index contributed by atoms with van der Waals surface area (Å²) < 4.78 is 27.7. The van der Waals surface area contributed by atoms with Gasteiger partial charge >= 0.3 is 0 Å². The van der Waals surface area contributed by atoms with Crippen LogP contribution in [0.25, 0.3) is 0 Å². The molecule has 0 amide bonds. The van der Waals surface area contributed by atoms with Crippen LogP contribution >= 0.6 is 0 Å². The highest BCUT2D eigenvalue weighted by molar-refractivity contribution is 5.42. The Hall–Kier alpha value is -2.13. The van der Waals surface area contributed by atoms with Crippen molar-refractivity contribution in [2.75, 3.05) is 0 Å². The van der Waals surface area contributed by atoms with E-state index in [0.29, 0.717) is 11.5 Å². The van der Waals surface area contributed by atoms with Gasteiger partial charge < -0.3 is 0 Å². The van der Waals surface area contributed by atoms with Gasteiger partial charge in [0.05, 0.1) is 5.56 Å². The molecule has 102 valence electrons. The number of hydrogen-bond donors (Lipinski definition) is 0. The summed E-state index contributed by atoms with van der Waals surface area (Å²) in [4.78, 5) is 0.